The minimum Gasteiger partial charge on any atom is -0.501 e. The Balaban J connectivity index is 2.07. The van der Waals surface area contributed by atoms with E-state index in [0.29, 0.717) is 11.0 Å². The van der Waals surface area contributed by atoms with Gasteiger partial charge in [-0.2, -0.15) is 0 Å². The number of aromatic nitrogens is 2. The van der Waals surface area contributed by atoms with E-state index in [2.05, 4.69) is 9.97 Å². The zero-order chi connectivity index (χ0) is 19.6. The van der Waals surface area contributed by atoms with Crippen LogP contribution in [0.4, 0.5) is 0 Å². The second-order valence-electron chi connectivity index (χ2n) is 5.35. The van der Waals surface area contributed by atoms with Crippen molar-refractivity contribution in [1.29, 1.82) is 0 Å². The monoisotopic (exact) mass is 392 g/mol. The average molecular weight is 392 g/mol. The smallest absolute Gasteiger partial charge is 0.376 e. The van der Waals surface area contributed by atoms with Crippen LogP contribution in [0.15, 0.2) is 40.1 Å². The maximum absolute atomic E-state index is 12.6. The van der Waals surface area contributed by atoms with E-state index in [1.807, 2.05) is 0 Å². The molecule has 0 saturated heterocycles. The van der Waals surface area contributed by atoms with E-state index in [1.165, 1.54) is 13.8 Å². The minimum absolute atomic E-state index is 0.0686. The van der Waals surface area contributed by atoms with Gasteiger partial charge in [0.1, 0.15) is 4.91 Å². The summed E-state index contributed by atoms with van der Waals surface area (Å²) in [5, 5.41) is 10.4. The Bertz CT molecular complexity index is 899. The van der Waals surface area contributed by atoms with Crippen LogP contribution in [0.1, 0.15) is 13.8 Å². The quantitative estimate of drug-likeness (QED) is 0.430. The molecule has 0 aliphatic carbocycles. The highest BCUT2D eigenvalue weighted by Gasteiger charge is 2.63. The van der Waals surface area contributed by atoms with E-state index in [1.54, 1.807) is 24.3 Å². The molecule has 2 N–H and O–H groups in total. The van der Waals surface area contributed by atoms with Gasteiger partial charge in [0.2, 0.25) is 5.76 Å². The first-order valence-corrected chi connectivity index (χ1v) is 8.89. The number of hydrogen-bond acceptors (Lipinski definition) is 9. The topological polar surface area (TPSA) is 128 Å². The predicted molar refractivity (Wildman–Crippen MR) is 93.7 cm³/mol. The molecule has 0 atom stereocenters. The Hall–Kier alpha value is -3.01. The van der Waals surface area contributed by atoms with Gasteiger partial charge in [0.15, 0.2) is 5.16 Å². The second kappa shape index (κ2) is 7.31. The Morgan fingerprint density at radius 1 is 1.22 bits per heavy atom. The standard InChI is InChI=1S/C17H16N2O7S/c1-3-24-14(22)17(15(23)25-4-2)12(11(20)13(21)26-17)27-16-18-9-7-5-6-8-10(9)19-16/h5-8,20H,3-4H2,1-2H3,(H,18,19). The molecule has 1 aromatic carbocycles. The number of nitrogens with zero attached hydrogens (tertiary/aromatic N) is 1. The summed E-state index contributed by atoms with van der Waals surface area (Å²) >= 11 is 0.720. The van der Waals surface area contributed by atoms with Crippen molar-refractivity contribution in [2.45, 2.75) is 24.6 Å². The number of nitrogens with one attached hydrogen (secondary N) is 1. The van der Waals surface area contributed by atoms with Gasteiger partial charge in [0.05, 0.1) is 24.2 Å². The third kappa shape index (κ3) is 3.12. The third-order valence-corrected chi connectivity index (χ3v) is 4.74. The highest BCUT2D eigenvalue weighted by Crippen LogP contribution is 2.44. The number of cyclic esters (lactones) is 1. The summed E-state index contributed by atoms with van der Waals surface area (Å²) in [6.45, 7) is 2.92. The van der Waals surface area contributed by atoms with Crippen LogP contribution in [0.3, 0.4) is 0 Å². The Morgan fingerprint density at radius 2 is 1.85 bits per heavy atom. The number of thioether (sulfide) groups is 1. The molecule has 3 rings (SSSR count). The lowest BCUT2D eigenvalue weighted by Gasteiger charge is -2.24. The van der Waals surface area contributed by atoms with Gasteiger partial charge in [-0.1, -0.05) is 12.1 Å². The molecule has 0 bridgehead atoms. The normalized spacial score (nSPS) is 15.7. The van der Waals surface area contributed by atoms with E-state index < -0.39 is 29.3 Å². The van der Waals surface area contributed by atoms with Crippen molar-refractivity contribution in [2.75, 3.05) is 13.2 Å². The van der Waals surface area contributed by atoms with Crippen LogP contribution in [-0.2, 0) is 28.6 Å². The number of fused-ring (bicyclic) bond motifs is 1. The summed E-state index contributed by atoms with van der Waals surface area (Å²) in [4.78, 5) is 44.0. The number of carbonyl (C=O) groups is 3. The molecule has 27 heavy (non-hydrogen) atoms. The number of H-pyrrole nitrogens is 1. The van der Waals surface area contributed by atoms with Crippen LogP contribution >= 0.6 is 11.8 Å². The van der Waals surface area contributed by atoms with Gasteiger partial charge in [-0.25, -0.2) is 19.4 Å². The molecule has 1 aromatic heterocycles. The van der Waals surface area contributed by atoms with Crippen molar-refractivity contribution in [3.63, 3.8) is 0 Å². The number of rotatable bonds is 6. The fourth-order valence-electron chi connectivity index (χ4n) is 2.51. The summed E-state index contributed by atoms with van der Waals surface area (Å²) in [5.41, 5.74) is -1.21. The number of hydrogen-bond donors (Lipinski definition) is 2. The van der Waals surface area contributed by atoms with Crippen molar-refractivity contribution in [1.82, 2.24) is 9.97 Å². The summed E-state index contributed by atoms with van der Waals surface area (Å²) in [6, 6.07) is 7.12. The molecule has 1 aliphatic heterocycles. The number of carbonyl (C=O) groups excluding carboxylic acids is 3. The third-order valence-electron chi connectivity index (χ3n) is 3.67. The van der Waals surface area contributed by atoms with Crippen LogP contribution in [-0.4, -0.2) is 51.8 Å². The first kappa shape index (κ1) is 18.8. The van der Waals surface area contributed by atoms with Crippen molar-refractivity contribution in [3.05, 3.63) is 34.9 Å². The molecule has 0 saturated carbocycles. The molecule has 2 heterocycles. The van der Waals surface area contributed by atoms with E-state index in [-0.39, 0.29) is 23.3 Å². The molecular weight excluding hydrogens is 376 g/mol. The molecule has 142 valence electrons. The summed E-state index contributed by atoms with van der Waals surface area (Å²) in [5.74, 6) is -4.41. The molecule has 2 aromatic rings. The van der Waals surface area contributed by atoms with Crippen LogP contribution < -0.4 is 0 Å². The van der Waals surface area contributed by atoms with E-state index in [0.717, 1.165) is 11.8 Å². The zero-order valence-electron chi connectivity index (χ0n) is 14.5. The summed E-state index contributed by atoms with van der Waals surface area (Å²) in [7, 11) is 0. The molecule has 1 aliphatic rings. The number of aromatic amines is 1. The second-order valence-corrected chi connectivity index (χ2v) is 6.35. The summed E-state index contributed by atoms with van der Waals surface area (Å²) in [6.07, 6.45) is 0. The van der Waals surface area contributed by atoms with Crippen molar-refractivity contribution < 1.29 is 33.7 Å². The molecule has 0 fully saturated rings. The lowest BCUT2D eigenvalue weighted by Crippen LogP contribution is -2.50. The molecule has 9 nitrogen and oxygen atoms in total. The molecule has 0 radical (unpaired) electrons. The average Bonchev–Trinajstić information content (AvgIpc) is 3.16. The number of para-hydroxylation sites is 2. The number of imidazole rings is 1. The molecular formula is C17H16N2O7S. The molecule has 0 amide bonds. The Kier molecular flexibility index (Phi) is 5.08. The minimum atomic E-state index is -2.53. The van der Waals surface area contributed by atoms with Gasteiger partial charge >= 0.3 is 23.5 Å². The Morgan fingerprint density at radius 3 is 2.44 bits per heavy atom. The number of benzene rings is 1. The lowest BCUT2D eigenvalue weighted by molar-refractivity contribution is -0.186. The fourth-order valence-corrected chi connectivity index (χ4v) is 3.54. The maximum Gasteiger partial charge on any atom is 0.376 e. The number of ether oxygens (including phenoxy) is 3. The van der Waals surface area contributed by atoms with Gasteiger partial charge in [-0.3, -0.25) is 0 Å². The van der Waals surface area contributed by atoms with Crippen LogP contribution in [0.2, 0.25) is 0 Å². The van der Waals surface area contributed by atoms with E-state index in [4.69, 9.17) is 14.2 Å². The maximum atomic E-state index is 12.6. The Labute approximate surface area is 157 Å². The van der Waals surface area contributed by atoms with Crippen molar-refractivity contribution in [2.24, 2.45) is 0 Å². The fraction of sp³-hybridized carbons (Fsp3) is 0.294. The number of aliphatic hydroxyl groups excluding tert-OH is 1. The van der Waals surface area contributed by atoms with E-state index in [9.17, 15) is 19.5 Å². The van der Waals surface area contributed by atoms with Gasteiger partial charge in [-0.05, 0) is 37.7 Å². The largest absolute Gasteiger partial charge is 0.501 e. The summed E-state index contributed by atoms with van der Waals surface area (Å²) < 4.78 is 14.8. The van der Waals surface area contributed by atoms with Crippen LogP contribution in [0.5, 0.6) is 0 Å². The predicted octanol–water partition coefficient (Wildman–Crippen LogP) is 1.85. The zero-order valence-corrected chi connectivity index (χ0v) is 15.3. The van der Waals surface area contributed by atoms with Gasteiger partial charge in [0.25, 0.3) is 0 Å². The van der Waals surface area contributed by atoms with E-state index >= 15 is 0 Å². The first-order chi connectivity index (χ1) is 12.9. The van der Waals surface area contributed by atoms with Gasteiger partial charge in [0, 0.05) is 0 Å². The molecule has 10 heteroatoms. The molecule has 0 spiro atoms. The first-order valence-electron chi connectivity index (χ1n) is 8.08. The SMILES string of the molecule is CCOC(=O)C1(C(=O)OCC)OC(=O)C(O)=C1Sc1nc2ccccc2[nH]1. The van der Waals surface area contributed by atoms with Gasteiger partial charge in [-0.15, -0.1) is 0 Å². The van der Waals surface area contributed by atoms with Crippen molar-refractivity contribution >= 4 is 40.7 Å². The number of esters is 3. The van der Waals surface area contributed by atoms with Crippen LogP contribution in [0.25, 0.3) is 11.0 Å². The van der Waals surface area contributed by atoms with Crippen LogP contribution in [0, 0.1) is 0 Å². The highest BCUT2D eigenvalue weighted by molar-refractivity contribution is 8.03. The molecule has 0 unspecified atom stereocenters. The highest BCUT2D eigenvalue weighted by atomic mass is 32.2. The lowest BCUT2D eigenvalue weighted by atomic mass is 10.0. The van der Waals surface area contributed by atoms with Gasteiger partial charge < -0.3 is 24.3 Å². The number of aliphatic hydroxyl groups is 1. The van der Waals surface area contributed by atoms with Crippen molar-refractivity contribution in [3.8, 4) is 0 Å².